The van der Waals surface area contributed by atoms with Gasteiger partial charge in [0.2, 0.25) is 0 Å². The second-order valence-electron chi connectivity index (χ2n) is 6.59. The number of hydrogen-bond acceptors (Lipinski definition) is 2. The van der Waals surface area contributed by atoms with Gasteiger partial charge in [0, 0.05) is 18.8 Å². The van der Waals surface area contributed by atoms with E-state index in [1.165, 1.54) is 0 Å². The number of nitrogens with zero attached hydrogens (tertiary/aromatic N) is 1. The third-order valence-electron chi connectivity index (χ3n) is 3.62. The molecule has 1 heterocycles. The summed E-state index contributed by atoms with van der Waals surface area (Å²) in [4.78, 5) is 24.9. The summed E-state index contributed by atoms with van der Waals surface area (Å²) in [6.07, 6.45) is 1.66. The Morgan fingerprint density at radius 2 is 2.05 bits per heavy atom. The van der Waals surface area contributed by atoms with Gasteiger partial charge in [-0.3, -0.25) is 4.90 Å². The van der Waals surface area contributed by atoms with Crippen molar-refractivity contribution in [2.24, 2.45) is 5.41 Å². The summed E-state index contributed by atoms with van der Waals surface area (Å²) in [6.45, 7) is 7.60. The van der Waals surface area contributed by atoms with Crippen LogP contribution in [-0.2, 0) is 6.42 Å². The second-order valence-corrected chi connectivity index (χ2v) is 6.59. The van der Waals surface area contributed by atoms with Crippen molar-refractivity contribution in [2.75, 3.05) is 18.0 Å². The fraction of sp³-hybridized carbons (Fsp3) is 0.500. The Morgan fingerprint density at radius 1 is 1.33 bits per heavy atom. The number of anilines is 1. The van der Waals surface area contributed by atoms with Gasteiger partial charge in [-0.25, -0.2) is 9.59 Å². The van der Waals surface area contributed by atoms with Gasteiger partial charge in [0.15, 0.2) is 0 Å². The van der Waals surface area contributed by atoms with Crippen molar-refractivity contribution < 1.29 is 14.7 Å². The molecule has 0 atom stereocenters. The lowest BCUT2D eigenvalue weighted by Gasteiger charge is -2.21. The van der Waals surface area contributed by atoms with E-state index in [9.17, 15) is 9.59 Å². The highest BCUT2D eigenvalue weighted by Crippen LogP contribution is 2.29. The zero-order chi connectivity index (χ0) is 15.6. The number of fused-ring (bicyclic) bond motifs is 1. The maximum atomic E-state index is 12.2. The minimum absolute atomic E-state index is 0.152. The van der Waals surface area contributed by atoms with Crippen LogP contribution in [-0.4, -0.2) is 30.2 Å². The van der Waals surface area contributed by atoms with Gasteiger partial charge in [0.05, 0.1) is 5.56 Å². The van der Waals surface area contributed by atoms with E-state index in [1.807, 2.05) is 0 Å². The molecule has 2 amide bonds. The van der Waals surface area contributed by atoms with Gasteiger partial charge in [-0.15, -0.1) is 0 Å². The molecule has 1 aliphatic rings. The Hall–Kier alpha value is -2.04. The number of benzene rings is 1. The van der Waals surface area contributed by atoms with Crippen LogP contribution in [0.15, 0.2) is 18.2 Å². The van der Waals surface area contributed by atoms with Crippen LogP contribution in [0.4, 0.5) is 10.5 Å². The lowest BCUT2D eigenvalue weighted by atomic mass is 9.92. The van der Waals surface area contributed by atoms with Crippen LogP contribution in [0.25, 0.3) is 0 Å². The first-order valence-corrected chi connectivity index (χ1v) is 7.19. The monoisotopic (exact) mass is 290 g/mol. The fourth-order valence-corrected chi connectivity index (χ4v) is 2.36. The Labute approximate surface area is 125 Å². The second kappa shape index (κ2) is 5.76. The Kier molecular flexibility index (Phi) is 4.21. The van der Waals surface area contributed by atoms with Crippen LogP contribution in [0.1, 0.15) is 43.1 Å². The molecule has 1 aliphatic heterocycles. The molecule has 5 heteroatoms. The normalized spacial score (nSPS) is 14.0. The van der Waals surface area contributed by atoms with Gasteiger partial charge in [-0.1, -0.05) is 26.8 Å². The van der Waals surface area contributed by atoms with Gasteiger partial charge in [0.1, 0.15) is 0 Å². The lowest BCUT2D eigenvalue weighted by Crippen LogP contribution is -2.40. The van der Waals surface area contributed by atoms with Crippen molar-refractivity contribution in [1.29, 1.82) is 0 Å². The number of carboxylic acid groups (broad SMARTS) is 1. The van der Waals surface area contributed by atoms with Crippen molar-refractivity contribution >= 4 is 17.7 Å². The average Bonchev–Trinajstić information content (AvgIpc) is 2.79. The SMILES string of the molecule is CC(C)(C)CCNC(=O)N1CCc2ccc(C(=O)O)cc21. The number of hydrogen-bond donors (Lipinski definition) is 2. The summed E-state index contributed by atoms with van der Waals surface area (Å²) in [6, 6.07) is 4.80. The topological polar surface area (TPSA) is 69.6 Å². The number of carboxylic acids is 1. The zero-order valence-corrected chi connectivity index (χ0v) is 12.8. The number of rotatable bonds is 3. The van der Waals surface area contributed by atoms with Crippen LogP contribution in [0, 0.1) is 5.41 Å². The van der Waals surface area contributed by atoms with E-state index < -0.39 is 5.97 Å². The van der Waals surface area contributed by atoms with Crippen LogP contribution in [0.3, 0.4) is 0 Å². The van der Waals surface area contributed by atoms with E-state index >= 15 is 0 Å². The molecule has 0 saturated heterocycles. The third-order valence-corrected chi connectivity index (χ3v) is 3.62. The first-order chi connectivity index (χ1) is 9.78. The molecule has 0 radical (unpaired) electrons. The first kappa shape index (κ1) is 15.4. The number of amides is 2. The quantitative estimate of drug-likeness (QED) is 0.899. The van der Waals surface area contributed by atoms with E-state index in [-0.39, 0.29) is 17.0 Å². The largest absolute Gasteiger partial charge is 0.478 e. The molecular formula is C16H22N2O3. The van der Waals surface area contributed by atoms with Gasteiger partial charge < -0.3 is 10.4 Å². The summed E-state index contributed by atoms with van der Waals surface area (Å²) >= 11 is 0. The number of carbonyl (C=O) groups is 2. The Morgan fingerprint density at radius 3 is 2.67 bits per heavy atom. The number of urea groups is 1. The summed E-state index contributed by atoms with van der Waals surface area (Å²) in [7, 11) is 0. The molecule has 114 valence electrons. The predicted molar refractivity (Wildman–Crippen MR) is 81.9 cm³/mol. The Bertz CT molecular complexity index is 561. The van der Waals surface area contributed by atoms with Crippen LogP contribution < -0.4 is 10.2 Å². The molecule has 1 aromatic carbocycles. The molecule has 0 bridgehead atoms. The van der Waals surface area contributed by atoms with E-state index in [0.717, 1.165) is 18.4 Å². The molecule has 0 spiro atoms. The molecule has 1 aromatic rings. The summed E-state index contributed by atoms with van der Waals surface area (Å²) in [5.74, 6) is -0.974. The van der Waals surface area contributed by atoms with Crippen molar-refractivity contribution in [3.63, 3.8) is 0 Å². The van der Waals surface area contributed by atoms with Gasteiger partial charge in [0.25, 0.3) is 0 Å². The van der Waals surface area contributed by atoms with Crippen LogP contribution >= 0.6 is 0 Å². The van der Waals surface area contributed by atoms with Crippen molar-refractivity contribution in [3.05, 3.63) is 29.3 Å². The van der Waals surface area contributed by atoms with E-state index in [1.54, 1.807) is 23.1 Å². The molecule has 0 aliphatic carbocycles. The fourth-order valence-electron chi connectivity index (χ4n) is 2.36. The molecule has 21 heavy (non-hydrogen) atoms. The summed E-state index contributed by atoms with van der Waals surface area (Å²) in [5, 5.41) is 12.0. The predicted octanol–water partition coefficient (Wildman–Crippen LogP) is 2.89. The minimum atomic E-state index is -0.974. The van der Waals surface area contributed by atoms with E-state index in [0.29, 0.717) is 18.8 Å². The lowest BCUT2D eigenvalue weighted by molar-refractivity contribution is 0.0697. The highest BCUT2D eigenvalue weighted by molar-refractivity contribution is 5.96. The molecular weight excluding hydrogens is 268 g/mol. The van der Waals surface area contributed by atoms with Crippen molar-refractivity contribution in [3.8, 4) is 0 Å². The molecule has 0 saturated carbocycles. The number of aromatic carboxylic acids is 1. The maximum Gasteiger partial charge on any atom is 0.335 e. The molecule has 0 unspecified atom stereocenters. The summed E-state index contributed by atoms with van der Waals surface area (Å²) < 4.78 is 0. The third kappa shape index (κ3) is 3.74. The molecule has 2 N–H and O–H groups in total. The maximum absolute atomic E-state index is 12.2. The molecule has 0 aromatic heterocycles. The highest BCUT2D eigenvalue weighted by atomic mass is 16.4. The van der Waals surface area contributed by atoms with E-state index in [2.05, 4.69) is 26.1 Å². The van der Waals surface area contributed by atoms with Crippen molar-refractivity contribution in [2.45, 2.75) is 33.6 Å². The van der Waals surface area contributed by atoms with Crippen molar-refractivity contribution in [1.82, 2.24) is 5.32 Å². The standard InChI is InChI=1S/C16H22N2O3/c1-16(2,3)7-8-17-15(21)18-9-6-11-4-5-12(14(19)20)10-13(11)18/h4-5,10H,6-9H2,1-3H3,(H,17,21)(H,19,20). The Balaban J connectivity index is 2.05. The smallest absolute Gasteiger partial charge is 0.335 e. The van der Waals surface area contributed by atoms with Crippen LogP contribution in [0.2, 0.25) is 0 Å². The van der Waals surface area contributed by atoms with E-state index in [4.69, 9.17) is 5.11 Å². The zero-order valence-electron chi connectivity index (χ0n) is 12.8. The van der Waals surface area contributed by atoms with Gasteiger partial charge in [-0.05, 0) is 36.0 Å². The van der Waals surface area contributed by atoms with Gasteiger partial charge in [-0.2, -0.15) is 0 Å². The highest BCUT2D eigenvalue weighted by Gasteiger charge is 2.25. The van der Waals surface area contributed by atoms with Gasteiger partial charge >= 0.3 is 12.0 Å². The number of nitrogens with one attached hydrogen (secondary N) is 1. The molecule has 5 nitrogen and oxygen atoms in total. The number of carbonyl (C=O) groups excluding carboxylic acids is 1. The molecule has 2 rings (SSSR count). The van der Waals surface area contributed by atoms with Crippen LogP contribution in [0.5, 0.6) is 0 Å². The average molecular weight is 290 g/mol. The summed E-state index contributed by atoms with van der Waals surface area (Å²) in [5.41, 5.74) is 2.12. The molecule has 0 fully saturated rings. The first-order valence-electron chi connectivity index (χ1n) is 7.19. The minimum Gasteiger partial charge on any atom is -0.478 e.